The van der Waals surface area contributed by atoms with Gasteiger partial charge in [0.1, 0.15) is 11.9 Å². The van der Waals surface area contributed by atoms with Crippen LogP contribution in [0.15, 0.2) is 24.3 Å². The van der Waals surface area contributed by atoms with Crippen molar-refractivity contribution in [2.45, 2.75) is 64.7 Å². The summed E-state index contributed by atoms with van der Waals surface area (Å²) in [5.74, 6) is -0.202. The number of hydrogen-bond donors (Lipinski definition) is 2. The number of amides is 2. The molecule has 0 saturated carbocycles. The Morgan fingerprint density at radius 3 is 2.63 bits per heavy atom. The van der Waals surface area contributed by atoms with E-state index >= 15 is 0 Å². The standard InChI is InChI=1S/C23H35FN4O2/c1-23(2,3)15-28-12-11-19-21(28)22(30)26-14-18(27(19)4)9-10-20(29)25-13-16-5-7-17(24)8-6-16/h5-8,18-19,21H,9-15H2,1-4H3,(H,25,29)(H,26,30)/t18-,19-,21-/m0/s1. The lowest BCUT2D eigenvalue weighted by Gasteiger charge is -2.34. The Kier molecular flexibility index (Phi) is 7.14. The van der Waals surface area contributed by atoms with E-state index < -0.39 is 0 Å². The summed E-state index contributed by atoms with van der Waals surface area (Å²) in [7, 11) is 2.08. The Bertz CT molecular complexity index is 747. The molecule has 3 rings (SSSR count). The van der Waals surface area contributed by atoms with E-state index in [1.807, 2.05) is 0 Å². The normalized spacial score (nSPS) is 25.5. The minimum atomic E-state index is -0.283. The Labute approximate surface area is 179 Å². The van der Waals surface area contributed by atoms with E-state index in [4.69, 9.17) is 0 Å². The van der Waals surface area contributed by atoms with Gasteiger partial charge in [0.15, 0.2) is 0 Å². The largest absolute Gasteiger partial charge is 0.353 e. The highest BCUT2D eigenvalue weighted by Gasteiger charge is 2.45. The summed E-state index contributed by atoms with van der Waals surface area (Å²) in [5, 5.41) is 6.01. The first-order chi connectivity index (χ1) is 14.1. The van der Waals surface area contributed by atoms with E-state index in [1.54, 1.807) is 12.1 Å². The van der Waals surface area contributed by atoms with Crippen molar-refractivity contribution in [3.8, 4) is 0 Å². The van der Waals surface area contributed by atoms with Gasteiger partial charge in [-0.25, -0.2) is 4.39 Å². The molecule has 1 aromatic rings. The van der Waals surface area contributed by atoms with Crippen LogP contribution in [0.1, 0.15) is 45.6 Å². The molecule has 0 bridgehead atoms. The molecule has 0 aliphatic carbocycles. The van der Waals surface area contributed by atoms with Crippen LogP contribution < -0.4 is 10.6 Å². The molecule has 2 amide bonds. The number of nitrogens with zero attached hydrogens (tertiary/aromatic N) is 2. The average molecular weight is 419 g/mol. The maximum absolute atomic E-state index is 13.0. The number of likely N-dealkylation sites (N-methyl/N-ethyl adjacent to an activating group) is 1. The first kappa shape index (κ1) is 22.7. The SMILES string of the molecule is CN1[C@@H](CCC(=O)NCc2ccc(F)cc2)CNC(=O)[C@@H]2[C@@H]1CCN2CC(C)(C)C. The van der Waals surface area contributed by atoms with Crippen molar-refractivity contribution in [2.24, 2.45) is 5.41 Å². The number of hydrogen-bond acceptors (Lipinski definition) is 4. The van der Waals surface area contributed by atoms with Gasteiger partial charge < -0.3 is 10.6 Å². The zero-order valence-corrected chi connectivity index (χ0v) is 18.6. The molecule has 1 aromatic carbocycles. The first-order valence-corrected chi connectivity index (χ1v) is 10.9. The summed E-state index contributed by atoms with van der Waals surface area (Å²) in [6.07, 6.45) is 2.06. The molecule has 0 aromatic heterocycles. The van der Waals surface area contributed by atoms with Crippen molar-refractivity contribution < 1.29 is 14.0 Å². The van der Waals surface area contributed by atoms with Crippen molar-refractivity contribution in [3.63, 3.8) is 0 Å². The number of fused-ring (bicyclic) bond motifs is 1. The summed E-state index contributed by atoms with van der Waals surface area (Å²) >= 11 is 0. The minimum Gasteiger partial charge on any atom is -0.353 e. The van der Waals surface area contributed by atoms with E-state index in [-0.39, 0.29) is 41.2 Å². The van der Waals surface area contributed by atoms with Crippen LogP contribution in [0.4, 0.5) is 4.39 Å². The molecule has 6 nitrogen and oxygen atoms in total. The summed E-state index contributed by atoms with van der Waals surface area (Å²) in [6.45, 7) is 9.38. The van der Waals surface area contributed by atoms with Crippen LogP contribution in [0.3, 0.4) is 0 Å². The lowest BCUT2D eigenvalue weighted by atomic mass is 9.95. The molecule has 3 atom stereocenters. The minimum absolute atomic E-state index is 0.0272. The molecule has 0 spiro atoms. The monoisotopic (exact) mass is 418 g/mol. The van der Waals surface area contributed by atoms with Crippen molar-refractivity contribution in [2.75, 3.05) is 26.7 Å². The summed E-state index contributed by atoms with van der Waals surface area (Å²) in [4.78, 5) is 29.8. The van der Waals surface area contributed by atoms with E-state index in [0.717, 1.165) is 25.1 Å². The topological polar surface area (TPSA) is 64.7 Å². The van der Waals surface area contributed by atoms with Crippen LogP contribution in [-0.4, -0.2) is 66.4 Å². The second-order valence-corrected chi connectivity index (χ2v) is 9.84. The molecule has 2 fully saturated rings. The van der Waals surface area contributed by atoms with Crippen molar-refractivity contribution in [1.82, 2.24) is 20.4 Å². The first-order valence-electron chi connectivity index (χ1n) is 10.9. The van der Waals surface area contributed by atoms with E-state index in [1.165, 1.54) is 12.1 Å². The highest BCUT2D eigenvalue weighted by atomic mass is 19.1. The lowest BCUT2D eigenvalue weighted by molar-refractivity contribution is -0.126. The molecule has 30 heavy (non-hydrogen) atoms. The summed E-state index contributed by atoms with van der Waals surface area (Å²) < 4.78 is 13.0. The molecule has 2 aliphatic heterocycles. The summed E-state index contributed by atoms with van der Waals surface area (Å²) in [6, 6.07) is 6.34. The lowest BCUT2D eigenvalue weighted by Crippen LogP contribution is -2.51. The zero-order chi connectivity index (χ0) is 21.9. The van der Waals surface area contributed by atoms with Crippen molar-refractivity contribution in [1.29, 1.82) is 0 Å². The van der Waals surface area contributed by atoms with Gasteiger partial charge in [-0.15, -0.1) is 0 Å². The second-order valence-electron chi connectivity index (χ2n) is 9.84. The van der Waals surface area contributed by atoms with Crippen LogP contribution >= 0.6 is 0 Å². The molecule has 2 heterocycles. The molecule has 2 N–H and O–H groups in total. The van der Waals surface area contributed by atoms with Gasteiger partial charge >= 0.3 is 0 Å². The third kappa shape index (κ3) is 5.79. The van der Waals surface area contributed by atoms with Gasteiger partial charge in [0.2, 0.25) is 11.8 Å². The molecule has 2 aliphatic rings. The van der Waals surface area contributed by atoms with E-state index in [2.05, 4.69) is 48.3 Å². The molecule has 2 saturated heterocycles. The quantitative estimate of drug-likeness (QED) is 0.743. The Hall–Kier alpha value is -1.99. The van der Waals surface area contributed by atoms with E-state index in [0.29, 0.717) is 25.9 Å². The van der Waals surface area contributed by atoms with E-state index in [9.17, 15) is 14.0 Å². The Balaban J connectivity index is 1.53. The molecule has 0 radical (unpaired) electrons. The number of likely N-dealkylation sites (tertiary alicyclic amines) is 1. The van der Waals surface area contributed by atoms with Gasteiger partial charge in [-0.3, -0.25) is 19.4 Å². The maximum atomic E-state index is 13.0. The number of halogens is 1. The fraction of sp³-hybridized carbons (Fsp3) is 0.652. The van der Waals surface area contributed by atoms with Crippen LogP contribution in [0.5, 0.6) is 0 Å². The highest BCUT2D eigenvalue weighted by molar-refractivity contribution is 5.83. The third-order valence-corrected chi connectivity index (χ3v) is 6.13. The number of benzene rings is 1. The fourth-order valence-corrected chi connectivity index (χ4v) is 4.62. The van der Waals surface area contributed by atoms with Crippen molar-refractivity contribution >= 4 is 11.8 Å². The fourth-order valence-electron chi connectivity index (χ4n) is 4.62. The van der Waals surface area contributed by atoms with Crippen LogP contribution in [0.25, 0.3) is 0 Å². The second kappa shape index (κ2) is 9.43. The molecule has 166 valence electrons. The van der Waals surface area contributed by atoms with Gasteiger partial charge in [0.25, 0.3) is 0 Å². The Morgan fingerprint density at radius 2 is 1.97 bits per heavy atom. The summed E-state index contributed by atoms with van der Waals surface area (Å²) in [5.41, 5.74) is 1.01. The van der Waals surface area contributed by atoms with Gasteiger partial charge in [0, 0.05) is 44.7 Å². The smallest absolute Gasteiger partial charge is 0.239 e. The average Bonchev–Trinajstić information content (AvgIpc) is 3.03. The number of carbonyl (C=O) groups is 2. The van der Waals surface area contributed by atoms with Crippen LogP contribution in [0, 0.1) is 11.2 Å². The highest BCUT2D eigenvalue weighted by Crippen LogP contribution is 2.30. The van der Waals surface area contributed by atoms with Crippen LogP contribution in [0.2, 0.25) is 0 Å². The number of rotatable bonds is 6. The Morgan fingerprint density at radius 1 is 1.27 bits per heavy atom. The van der Waals surface area contributed by atoms with Crippen LogP contribution in [-0.2, 0) is 16.1 Å². The van der Waals surface area contributed by atoms with Crippen molar-refractivity contribution in [3.05, 3.63) is 35.6 Å². The number of carbonyl (C=O) groups excluding carboxylic acids is 2. The van der Waals surface area contributed by atoms with Gasteiger partial charge in [-0.1, -0.05) is 32.9 Å². The van der Waals surface area contributed by atoms with Gasteiger partial charge in [-0.05, 0) is 43.0 Å². The maximum Gasteiger partial charge on any atom is 0.239 e. The van der Waals surface area contributed by atoms with Gasteiger partial charge in [0.05, 0.1) is 0 Å². The number of nitrogens with one attached hydrogen (secondary N) is 2. The zero-order valence-electron chi connectivity index (χ0n) is 18.6. The van der Waals surface area contributed by atoms with Gasteiger partial charge in [-0.2, -0.15) is 0 Å². The predicted octanol–water partition coefficient (Wildman–Crippen LogP) is 2.14. The molecule has 7 heteroatoms. The molecular weight excluding hydrogens is 383 g/mol. The molecule has 0 unspecified atom stereocenters. The third-order valence-electron chi connectivity index (χ3n) is 6.13. The predicted molar refractivity (Wildman–Crippen MR) is 115 cm³/mol. The molecular formula is C23H35FN4O2.